The third kappa shape index (κ3) is 3.47. The number of hydrogen-bond donors (Lipinski definition) is 2. The van der Waals surface area contributed by atoms with Crippen molar-refractivity contribution in [2.75, 3.05) is 0 Å². The minimum absolute atomic E-state index is 0.0621. The number of aryl methyl sites for hydroxylation is 1. The molecule has 2 N–H and O–H groups in total. The number of nitrogens with one attached hydrogen (secondary N) is 1. The second-order valence-corrected chi connectivity index (χ2v) is 5.47. The van der Waals surface area contributed by atoms with Gasteiger partial charge in [-0.2, -0.15) is 0 Å². The van der Waals surface area contributed by atoms with Gasteiger partial charge in [-0.05, 0) is 49.9 Å². The Bertz CT molecular complexity index is 495. The summed E-state index contributed by atoms with van der Waals surface area (Å²) in [4.78, 5) is 22.9. The quantitative estimate of drug-likeness (QED) is 0.895. The van der Waals surface area contributed by atoms with Crippen LogP contribution in [0.1, 0.15) is 35.2 Å². The third-order valence-electron chi connectivity index (χ3n) is 3.42. The Labute approximate surface area is 116 Å². The smallest absolute Gasteiger partial charge is 0.306 e. The number of benzene rings is 1. The molecule has 1 aliphatic carbocycles. The van der Waals surface area contributed by atoms with Crippen molar-refractivity contribution in [3.8, 4) is 0 Å². The van der Waals surface area contributed by atoms with Gasteiger partial charge in [-0.1, -0.05) is 11.6 Å². The lowest BCUT2D eigenvalue weighted by Gasteiger charge is -2.13. The highest BCUT2D eigenvalue weighted by molar-refractivity contribution is 6.31. The lowest BCUT2D eigenvalue weighted by Crippen LogP contribution is -2.33. The van der Waals surface area contributed by atoms with Gasteiger partial charge in [0.25, 0.3) is 5.91 Å². The van der Waals surface area contributed by atoms with E-state index < -0.39 is 5.97 Å². The average Bonchev–Trinajstić information content (AvgIpc) is 2.76. The van der Waals surface area contributed by atoms with Gasteiger partial charge >= 0.3 is 5.97 Å². The number of aliphatic carboxylic acids is 1. The fraction of sp³-hybridized carbons (Fsp3) is 0.429. The Balaban J connectivity index is 2.00. The van der Waals surface area contributed by atoms with Gasteiger partial charge in [0.1, 0.15) is 0 Å². The molecule has 0 bridgehead atoms. The molecule has 1 aromatic rings. The molecule has 4 nitrogen and oxygen atoms in total. The first kappa shape index (κ1) is 13.9. The van der Waals surface area contributed by atoms with Gasteiger partial charge in [0.05, 0.1) is 5.92 Å². The lowest BCUT2D eigenvalue weighted by atomic mass is 10.1. The molecule has 2 rings (SSSR count). The van der Waals surface area contributed by atoms with Gasteiger partial charge in [0, 0.05) is 16.6 Å². The first-order valence-electron chi connectivity index (χ1n) is 6.26. The predicted molar refractivity (Wildman–Crippen MR) is 72.4 cm³/mol. The summed E-state index contributed by atoms with van der Waals surface area (Å²) in [5, 5.41) is 12.3. The number of halogens is 1. The number of carbonyl (C=O) groups excluding carboxylic acids is 1. The molecule has 2 unspecified atom stereocenters. The highest BCUT2D eigenvalue weighted by atomic mass is 35.5. The van der Waals surface area contributed by atoms with Crippen molar-refractivity contribution in [1.82, 2.24) is 5.32 Å². The summed E-state index contributed by atoms with van der Waals surface area (Å²) < 4.78 is 0. The van der Waals surface area contributed by atoms with Crippen LogP contribution in [-0.4, -0.2) is 23.0 Å². The summed E-state index contributed by atoms with van der Waals surface area (Å²) in [5.74, 6) is -1.32. The molecular weight excluding hydrogens is 266 g/mol. The van der Waals surface area contributed by atoms with Gasteiger partial charge < -0.3 is 10.4 Å². The van der Waals surface area contributed by atoms with Crippen molar-refractivity contribution in [1.29, 1.82) is 0 Å². The first-order chi connectivity index (χ1) is 8.95. The van der Waals surface area contributed by atoms with Crippen LogP contribution in [0.25, 0.3) is 0 Å². The number of carboxylic acid groups (broad SMARTS) is 1. The molecule has 2 atom stereocenters. The Morgan fingerprint density at radius 2 is 2.05 bits per heavy atom. The van der Waals surface area contributed by atoms with Crippen LogP contribution < -0.4 is 5.32 Å². The molecule has 1 amide bonds. The van der Waals surface area contributed by atoms with E-state index in [-0.39, 0.29) is 17.9 Å². The normalized spacial score (nSPS) is 22.2. The summed E-state index contributed by atoms with van der Waals surface area (Å²) in [7, 11) is 0. The van der Waals surface area contributed by atoms with Crippen LogP contribution in [0.3, 0.4) is 0 Å². The van der Waals surface area contributed by atoms with Crippen LogP contribution in [0.4, 0.5) is 0 Å². The van der Waals surface area contributed by atoms with Crippen molar-refractivity contribution >= 4 is 23.5 Å². The Morgan fingerprint density at radius 3 is 2.63 bits per heavy atom. The molecule has 1 saturated carbocycles. The molecule has 0 radical (unpaired) electrons. The third-order valence-corrected chi connectivity index (χ3v) is 3.64. The number of carbonyl (C=O) groups is 2. The fourth-order valence-corrected chi connectivity index (χ4v) is 2.76. The van der Waals surface area contributed by atoms with E-state index in [1.807, 2.05) is 6.92 Å². The zero-order chi connectivity index (χ0) is 14.0. The lowest BCUT2D eigenvalue weighted by molar-refractivity contribution is -0.141. The average molecular weight is 282 g/mol. The van der Waals surface area contributed by atoms with E-state index >= 15 is 0 Å². The number of rotatable bonds is 3. The van der Waals surface area contributed by atoms with E-state index in [4.69, 9.17) is 16.7 Å². The van der Waals surface area contributed by atoms with Gasteiger partial charge in [-0.25, -0.2) is 0 Å². The van der Waals surface area contributed by atoms with Crippen LogP contribution in [0.5, 0.6) is 0 Å². The summed E-state index contributed by atoms with van der Waals surface area (Å²) in [5.41, 5.74) is 1.44. The van der Waals surface area contributed by atoms with Gasteiger partial charge in [-0.15, -0.1) is 0 Å². The zero-order valence-electron chi connectivity index (χ0n) is 10.6. The van der Waals surface area contributed by atoms with Crippen LogP contribution in [0.2, 0.25) is 5.02 Å². The van der Waals surface area contributed by atoms with Crippen LogP contribution >= 0.6 is 11.6 Å². The molecule has 5 heteroatoms. The second-order valence-electron chi connectivity index (χ2n) is 5.04. The van der Waals surface area contributed by atoms with Gasteiger partial charge in [-0.3, -0.25) is 9.59 Å². The van der Waals surface area contributed by atoms with Crippen molar-refractivity contribution in [3.63, 3.8) is 0 Å². The van der Waals surface area contributed by atoms with E-state index in [0.29, 0.717) is 29.8 Å². The summed E-state index contributed by atoms with van der Waals surface area (Å²) >= 11 is 5.92. The van der Waals surface area contributed by atoms with Crippen molar-refractivity contribution in [2.24, 2.45) is 5.92 Å². The summed E-state index contributed by atoms with van der Waals surface area (Å²) in [6, 6.07) is 5.11. The highest BCUT2D eigenvalue weighted by Gasteiger charge is 2.30. The number of hydrogen-bond acceptors (Lipinski definition) is 2. The molecule has 1 aromatic carbocycles. The number of amides is 1. The monoisotopic (exact) mass is 281 g/mol. The fourth-order valence-electron chi connectivity index (χ4n) is 2.47. The van der Waals surface area contributed by atoms with Gasteiger partial charge in [0.2, 0.25) is 0 Å². The molecule has 102 valence electrons. The van der Waals surface area contributed by atoms with Crippen LogP contribution in [-0.2, 0) is 4.79 Å². The van der Waals surface area contributed by atoms with E-state index in [2.05, 4.69) is 5.32 Å². The molecular formula is C14H16ClNO3. The van der Waals surface area contributed by atoms with Crippen molar-refractivity contribution in [3.05, 3.63) is 34.3 Å². The molecule has 0 heterocycles. The predicted octanol–water partition coefficient (Wildman–Crippen LogP) is 2.63. The van der Waals surface area contributed by atoms with Crippen LogP contribution in [0, 0.1) is 12.8 Å². The van der Waals surface area contributed by atoms with Crippen molar-refractivity contribution < 1.29 is 14.7 Å². The minimum Gasteiger partial charge on any atom is -0.481 e. The topological polar surface area (TPSA) is 66.4 Å². The van der Waals surface area contributed by atoms with Crippen molar-refractivity contribution in [2.45, 2.75) is 32.2 Å². The van der Waals surface area contributed by atoms with E-state index in [0.717, 1.165) is 5.56 Å². The van der Waals surface area contributed by atoms with Gasteiger partial charge in [0.15, 0.2) is 0 Å². The Morgan fingerprint density at radius 1 is 1.32 bits per heavy atom. The SMILES string of the molecule is Cc1cc(Cl)cc(C(=O)NC2CCC(C(=O)O)C2)c1. The molecule has 0 saturated heterocycles. The molecule has 1 aliphatic rings. The summed E-state index contributed by atoms with van der Waals surface area (Å²) in [6.45, 7) is 1.87. The Kier molecular flexibility index (Phi) is 4.10. The Hall–Kier alpha value is -1.55. The highest BCUT2D eigenvalue weighted by Crippen LogP contribution is 2.26. The van der Waals surface area contributed by atoms with Crippen LogP contribution in [0.15, 0.2) is 18.2 Å². The van der Waals surface area contributed by atoms with E-state index in [1.165, 1.54) is 0 Å². The first-order valence-corrected chi connectivity index (χ1v) is 6.64. The molecule has 0 aliphatic heterocycles. The molecule has 0 aromatic heterocycles. The zero-order valence-corrected chi connectivity index (χ0v) is 11.4. The molecule has 1 fully saturated rings. The number of carboxylic acids is 1. The maximum Gasteiger partial charge on any atom is 0.306 e. The summed E-state index contributed by atoms with van der Waals surface area (Å²) in [6.07, 6.45) is 1.83. The maximum absolute atomic E-state index is 12.1. The van der Waals surface area contributed by atoms with E-state index in [9.17, 15) is 9.59 Å². The standard InChI is InChI=1S/C14H16ClNO3/c1-8-4-10(6-11(15)5-8)13(17)16-12-3-2-9(7-12)14(18)19/h4-6,9,12H,2-3,7H2,1H3,(H,16,17)(H,18,19). The largest absolute Gasteiger partial charge is 0.481 e. The second kappa shape index (κ2) is 5.61. The molecule has 19 heavy (non-hydrogen) atoms. The maximum atomic E-state index is 12.1. The minimum atomic E-state index is -0.782. The van der Waals surface area contributed by atoms with E-state index in [1.54, 1.807) is 18.2 Å². The molecule has 0 spiro atoms.